The number of benzene rings is 1. The Morgan fingerprint density at radius 2 is 2.00 bits per heavy atom. The number of ether oxygens (including phenoxy) is 1. The standard InChI is InChI=1S/C17H25N3O2/c1-13(18)16(21)20-11-14-5-3-4-6-15(14)22-17(12-20)7-9-19(2)10-8-17/h3-6,13H,7-12,18H2,1-2H3/t13-/m0/s1. The van der Waals surface area contributed by atoms with E-state index in [1.807, 2.05) is 29.2 Å². The molecule has 120 valence electrons. The molecule has 0 aromatic heterocycles. The van der Waals surface area contributed by atoms with E-state index < -0.39 is 6.04 Å². The van der Waals surface area contributed by atoms with Gasteiger partial charge in [-0.25, -0.2) is 0 Å². The van der Waals surface area contributed by atoms with Crippen molar-refractivity contribution < 1.29 is 9.53 Å². The number of hydrogen-bond acceptors (Lipinski definition) is 4. The Bertz CT molecular complexity index is 551. The summed E-state index contributed by atoms with van der Waals surface area (Å²) in [5.41, 5.74) is 6.61. The van der Waals surface area contributed by atoms with Crippen molar-refractivity contribution in [2.24, 2.45) is 5.73 Å². The van der Waals surface area contributed by atoms with E-state index in [1.54, 1.807) is 6.92 Å². The molecule has 3 rings (SSSR count). The van der Waals surface area contributed by atoms with Gasteiger partial charge < -0.3 is 20.3 Å². The molecule has 2 aliphatic rings. The quantitative estimate of drug-likeness (QED) is 0.847. The predicted molar refractivity (Wildman–Crippen MR) is 85.6 cm³/mol. The van der Waals surface area contributed by atoms with Crippen LogP contribution in [0, 0.1) is 0 Å². The van der Waals surface area contributed by atoms with Crippen molar-refractivity contribution in [2.75, 3.05) is 26.7 Å². The molecule has 2 heterocycles. The highest BCUT2D eigenvalue weighted by Gasteiger charge is 2.41. The Labute approximate surface area is 132 Å². The number of hydrogen-bond donors (Lipinski definition) is 1. The molecule has 0 bridgehead atoms. The lowest BCUT2D eigenvalue weighted by Crippen LogP contribution is -2.55. The molecule has 2 aliphatic heterocycles. The van der Waals surface area contributed by atoms with E-state index in [9.17, 15) is 4.79 Å². The van der Waals surface area contributed by atoms with Crippen LogP contribution in [0.25, 0.3) is 0 Å². The van der Waals surface area contributed by atoms with Gasteiger partial charge >= 0.3 is 0 Å². The normalized spacial score (nSPS) is 22.6. The van der Waals surface area contributed by atoms with Gasteiger partial charge in [0, 0.05) is 38.0 Å². The maximum Gasteiger partial charge on any atom is 0.239 e. The lowest BCUT2D eigenvalue weighted by atomic mass is 9.90. The summed E-state index contributed by atoms with van der Waals surface area (Å²) in [4.78, 5) is 16.7. The fourth-order valence-corrected chi connectivity index (χ4v) is 3.34. The van der Waals surface area contributed by atoms with Crippen molar-refractivity contribution >= 4 is 5.91 Å². The van der Waals surface area contributed by atoms with Crippen molar-refractivity contribution in [3.8, 4) is 5.75 Å². The number of carbonyl (C=O) groups excluding carboxylic acids is 1. The average Bonchev–Trinajstić information content (AvgIpc) is 2.66. The molecule has 5 nitrogen and oxygen atoms in total. The molecule has 0 saturated carbocycles. The van der Waals surface area contributed by atoms with Gasteiger partial charge in [-0.1, -0.05) is 18.2 Å². The first-order chi connectivity index (χ1) is 10.5. The average molecular weight is 303 g/mol. The van der Waals surface area contributed by atoms with Crippen LogP contribution in [-0.4, -0.2) is 54.0 Å². The Balaban J connectivity index is 1.93. The zero-order valence-electron chi connectivity index (χ0n) is 13.4. The van der Waals surface area contributed by atoms with Crippen molar-refractivity contribution in [2.45, 2.75) is 38.0 Å². The predicted octanol–water partition coefficient (Wildman–Crippen LogP) is 1.22. The number of fused-ring (bicyclic) bond motifs is 1. The number of nitrogens with zero attached hydrogens (tertiary/aromatic N) is 2. The van der Waals surface area contributed by atoms with Crippen molar-refractivity contribution in [1.82, 2.24) is 9.80 Å². The summed E-state index contributed by atoms with van der Waals surface area (Å²) in [5, 5.41) is 0. The highest BCUT2D eigenvalue weighted by Crippen LogP contribution is 2.35. The van der Waals surface area contributed by atoms with Crippen LogP contribution in [0.15, 0.2) is 24.3 Å². The lowest BCUT2D eigenvalue weighted by molar-refractivity contribution is -0.136. The number of rotatable bonds is 1. The van der Waals surface area contributed by atoms with Crippen molar-refractivity contribution in [3.05, 3.63) is 29.8 Å². The van der Waals surface area contributed by atoms with Gasteiger partial charge in [0.05, 0.1) is 12.6 Å². The monoisotopic (exact) mass is 303 g/mol. The fraction of sp³-hybridized carbons (Fsp3) is 0.588. The van der Waals surface area contributed by atoms with Crippen molar-refractivity contribution in [3.63, 3.8) is 0 Å². The van der Waals surface area contributed by atoms with Gasteiger partial charge in [-0.15, -0.1) is 0 Å². The Hall–Kier alpha value is -1.59. The zero-order valence-corrected chi connectivity index (χ0v) is 13.4. The second-order valence-corrected chi connectivity index (χ2v) is 6.68. The first kappa shape index (κ1) is 15.3. The molecule has 1 spiro atoms. The van der Waals surface area contributed by atoms with Gasteiger partial charge in [0.1, 0.15) is 11.4 Å². The summed E-state index contributed by atoms with van der Waals surface area (Å²) >= 11 is 0. The third kappa shape index (κ3) is 2.96. The number of carbonyl (C=O) groups is 1. The Morgan fingerprint density at radius 3 is 2.68 bits per heavy atom. The molecule has 1 amide bonds. The largest absolute Gasteiger partial charge is 0.485 e. The molecule has 0 aliphatic carbocycles. The third-order valence-corrected chi connectivity index (χ3v) is 4.74. The second-order valence-electron chi connectivity index (χ2n) is 6.68. The minimum absolute atomic E-state index is 0.00129. The molecule has 5 heteroatoms. The minimum atomic E-state index is -0.478. The Kier molecular flexibility index (Phi) is 4.10. The summed E-state index contributed by atoms with van der Waals surface area (Å²) in [6, 6.07) is 7.54. The lowest BCUT2D eigenvalue weighted by Gasteiger charge is -2.42. The van der Waals surface area contributed by atoms with Crippen LogP contribution in [-0.2, 0) is 11.3 Å². The fourth-order valence-electron chi connectivity index (χ4n) is 3.34. The maximum absolute atomic E-state index is 12.5. The first-order valence-corrected chi connectivity index (χ1v) is 7.99. The second kappa shape index (κ2) is 5.89. The highest BCUT2D eigenvalue weighted by atomic mass is 16.5. The number of likely N-dealkylation sites (tertiary alicyclic amines) is 1. The molecule has 1 saturated heterocycles. The van der Waals surface area contributed by atoms with Gasteiger partial charge in [0.2, 0.25) is 5.91 Å². The van der Waals surface area contributed by atoms with E-state index in [0.29, 0.717) is 13.1 Å². The van der Waals surface area contributed by atoms with Gasteiger partial charge in [-0.2, -0.15) is 0 Å². The van der Waals surface area contributed by atoms with E-state index in [-0.39, 0.29) is 11.5 Å². The van der Waals surface area contributed by atoms with Gasteiger partial charge in [-0.05, 0) is 20.0 Å². The minimum Gasteiger partial charge on any atom is -0.485 e. The number of para-hydroxylation sites is 1. The summed E-state index contributed by atoms with van der Waals surface area (Å²) in [7, 11) is 2.13. The molecule has 1 aromatic carbocycles. The van der Waals surface area contributed by atoms with E-state index in [2.05, 4.69) is 11.9 Å². The topological polar surface area (TPSA) is 58.8 Å². The molecular weight excluding hydrogens is 278 g/mol. The van der Waals surface area contributed by atoms with Gasteiger partial charge in [-0.3, -0.25) is 4.79 Å². The molecule has 1 aromatic rings. The molecule has 0 radical (unpaired) electrons. The van der Waals surface area contributed by atoms with Crippen molar-refractivity contribution in [1.29, 1.82) is 0 Å². The number of piperidine rings is 1. The molecule has 2 N–H and O–H groups in total. The van der Waals surface area contributed by atoms with E-state index in [1.165, 1.54) is 0 Å². The van der Waals surface area contributed by atoms with E-state index in [0.717, 1.165) is 37.2 Å². The summed E-state index contributed by atoms with van der Waals surface area (Å²) in [6.45, 7) is 4.93. The first-order valence-electron chi connectivity index (χ1n) is 7.99. The third-order valence-electron chi connectivity index (χ3n) is 4.74. The summed E-state index contributed by atoms with van der Waals surface area (Å²) < 4.78 is 6.43. The summed E-state index contributed by atoms with van der Waals surface area (Å²) in [5.74, 6) is 0.908. The van der Waals surface area contributed by atoms with Crippen LogP contribution in [0.2, 0.25) is 0 Å². The molecule has 22 heavy (non-hydrogen) atoms. The van der Waals surface area contributed by atoms with Crippen LogP contribution in [0.1, 0.15) is 25.3 Å². The smallest absolute Gasteiger partial charge is 0.239 e. The van der Waals surface area contributed by atoms with Gasteiger partial charge in [0.15, 0.2) is 0 Å². The zero-order chi connectivity index (χ0) is 15.7. The summed E-state index contributed by atoms with van der Waals surface area (Å²) in [6.07, 6.45) is 1.86. The van der Waals surface area contributed by atoms with Crippen LogP contribution < -0.4 is 10.5 Å². The molecule has 1 fully saturated rings. The molecular formula is C17H25N3O2. The van der Waals surface area contributed by atoms with Crippen LogP contribution >= 0.6 is 0 Å². The Morgan fingerprint density at radius 1 is 1.32 bits per heavy atom. The van der Waals surface area contributed by atoms with Gasteiger partial charge in [0.25, 0.3) is 0 Å². The SMILES string of the molecule is C[C@H](N)C(=O)N1Cc2ccccc2OC2(CCN(C)CC2)C1. The van der Waals surface area contributed by atoms with Crippen LogP contribution in [0.3, 0.4) is 0 Å². The molecule has 0 unspecified atom stereocenters. The van der Waals surface area contributed by atoms with Crippen LogP contribution in [0.5, 0.6) is 5.75 Å². The van der Waals surface area contributed by atoms with E-state index >= 15 is 0 Å². The van der Waals surface area contributed by atoms with E-state index in [4.69, 9.17) is 10.5 Å². The molecule has 1 atom stereocenters. The number of amides is 1. The van der Waals surface area contributed by atoms with Crippen LogP contribution in [0.4, 0.5) is 0 Å². The highest BCUT2D eigenvalue weighted by molar-refractivity contribution is 5.81. The maximum atomic E-state index is 12.5. The number of nitrogens with two attached hydrogens (primary N) is 1.